The number of fused-ring (bicyclic) bond motifs is 1. The van der Waals surface area contributed by atoms with E-state index in [9.17, 15) is 4.79 Å². The molecule has 0 bridgehead atoms. The molecule has 0 aliphatic carbocycles. The SMILES string of the molecule is CCSc1nc2n(n1)C(c1ccc(OCc3cccc(Cl)c3)c(OC)c1)C(C(N)=O)=C(C)N2. The van der Waals surface area contributed by atoms with Crippen molar-refractivity contribution in [3.05, 3.63) is 69.9 Å². The number of rotatable bonds is 8. The van der Waals surface area contributed by atoms with Gasteiger partial charge in [0.25, 0.3) is 0 Å². The smallest absolute Gasteiger partial charge is 0.248 e. The number of hydrogen-bond donors (Lipinski definition) is 2. The lowest BCUT2D eigenvalue weighted by atomic mass is 9.95. The molecule has 1 atom stereocenters. The van der Waals surface area contributed by atoms with Crippen molar-refractivity contribution in [1.29, 1.82) is 0 Å². The molecular weight excluding hydrogens is 462 g/mol. The van der Waals surface area contributed by atoms with Gasteiger partial charge >= 0.3 is 0 Å². The molecule has 0 saturated heterocycles. The number of halogens is 1. The predicted octanol–water partition coefficient (Wildman–Crippen LogP) is 4.41. The van der Waals surface area contributed by atoms with Crippen LogP contribution in [-0.2, 0) is 11.4 Å². The van der Waals surface area contributed by atoms with Crippen molar-refractivity contribution >= 4 is 35.2 Å². The van der Waals surface area contributed by atoms with Crippen LogP contribution in [0.1, 0.15) is 31.0 Å². The van der Waals surface area contributed by atoms with Crippen LogP contribution in [0.2, 0.25) is 5.02 Å². The molecule has 10 heteroatoms. The molecule has 2 aromatic carbocycles. The molecule has 1 aliphatic heterocycles. The minimum absolute atomic E-state index is 0.333. The number of carbonyl (C=O) groups excluding carboxylic acids is 1. The van der Waals surface area contributed by atoms with Gasteiger partial charge in [0.15, 0.2) is 11.5 Å². The molecule has 0 fully saturated rings. The molecule has 8 nitrogen and oxygen atoms in total. The molecule has 0 spiro atoms. The van der Waals surface area contributed by atoms with Gasteiger partial charge in [-0.2, -0.15) is 4.98 Å². The number of nitrogens with one attached hydrogen (secondary N) is 1. The topological polar surface area (TPSA) is 104 Å². The minimum Gasteiger partial charge on any atom is -0.493 e. The molecule has 2 heterocycles. The van der Waals surface area contributed by atoms with Crippen molar-refractivity contribution in [3.8, 4) is 11.5 Å². The quantitative estimate of drug-likeness (QED) is 0.455. The number of allylic oxidation sites excluding steroid dienone is 1. The lowest BCUT2D eigenvalue weighted by Gasteiger charge is -2.28. The lowest BCUT2D eigenvalue weighted by Crippen LogP contribution is -2.31. The summed E-state index contributed by atoms with van der Waals surface area (Å²) in [6.07, 6.45) is 0. The van der Waals surface area contributed by atoms with E-state index in [1.807, 2.05) is 49.4 Å². The predicted molar refractivity (Wildman–Crippen MR) is 129 cm³/mol. The molecule has 33 heavy (non-hydrogen) atoms. The second-order valence-electron chi connectivity index (χ2n) is 7.35. The molecule has 172 valence electrons. The molecule has 3 aromatic rings. The molecule has 1 amide bonds. The Morgan fingerprint density at radius 3 is 2.79 bits per heavy atom. The Morgan fingerprint density at radius 1 is 1.27 bits per heavy atom. The summed E-state index contributed by atoms with van der Waals surface area (Å²) in [4.78, 5) is 16.9. The molecule has 1 unspecified atom stereocenters. The number of amides is 1. The summed E-state index contributed by atoms with van der Waals surface area (Å²) in [7, 11) is 1.57. The zero-order valence-corrected chi connectivity index (χ0v) is 20.0. The number of anilines is 1. The first-order chi connectivity index (χ1) is 15.9. The first kappa shape index (κ1) is 23.0. The number of primary amides is 1. The number of thioether (sulfide) groups is 1. The van der Waals surface area contributed by atoms with Crippen molar-refractivity contribution in [2.75, 3.05) is 18.2 Å². The number of hydrogen-bond acceptors (Lipinski definition) is 7. The summed E-state index contributed by atoms with van der Waals surface area (Å²) in [6.45, 7) is 4.17. The monoisotopic (exact) mass is 485 g/mol. The number of benzene rings is 2. The Kier molecular flexibility index (Phi) is 6.80. The highest BCUT2D eigenvalue weighted by molar-refractivity contribution is 7.99. The van der Waals surface area contributed by atoms with E-state index in [1.165, 1.54) is 11.8 Å². The third kappa shape index (κ3) is 4.79. The third-order valence-electron chi connectivity index (χ3n) is 5.16. The van der Waals surface area contributed by atoms with Crippen molar-refractivity contribution in [2.45, 2.75) is 31.7 Å². The minimum atomic E-state index is -0.548. The van der Waals surface area contributed by atoms with E-state index >= 15 is 0 Å². The Labute approximate surface area is 201 Å². The summed E-state index contributed by atoms with van der Waals surface area (Å²) in [5.41, 5.74) is 8.53. The fraction of sp³-hybridized carbons (Fsp3) is 0.261. The molecule has 0 saturated carbocycles. The van der Waals surface area contributed by atoms with E-state index in [0.29, 0.717) is 45.5 Å². The maximum Gasteiger partial charge on any atom is 0.248 e. The van der Waals surface area contributed by atoms with Crippen LogP contribution in [0.4, 0.5) is 5.95 Å². The van der Waals surface area contributed by atoms with E-state index in [4.69, 9.17) is 26.8 Å². The molecule has 4 rings (SSSR count). The zero-order chi connectivity index (χ0) is 23.5. The number of ether oxygens (including phenoxy) is 2. The van der Waals surface area contributed by atoms with Crippen molar-refractivity contribution in [2.24, 2.45) is 5.73 Å². The second kappa shape index (κ2) is 9.76. The third-order valence-corrected chi connectivity index (χ3v) is 6.11. The van der Waals surface area contributed by atoms with E-state index in [0.717, 1.165) is 16.9 Å². The highest BCUT2D eigenvalue weighted by Gasteiger charge is 2.33. The van der Waals surface area contributed by atoms with Gasteiger partial charge in [-0.05, 0) is 48.1 Å². The summed E-state index contributed by atoms with van der Waals surface area (Å²) < 4.78 is 13.3. The Balaban J connectivity index is 1.70. The highest BCUT2D eigenvalue weighted by atomic mass is 35.5. The fourth-order valence-electron chi connectivity index (χ4n) is 3.71. The van der Waals surface area contributed by atoms with Gasteiger partial charge in [0.2, 0.25) is 17.0 Å². The molecular formula is C23H24ClN5O3S. The summed E-state index contributed by atoms with van der Waals surface area (Å²) in [6, 6.07) is 12.4. The van der Waals surface area contributed by atoms with Gasteiger partial charge in [0, 0.05) is 10.7 Å². The van der Waals surface area contributed by atoms with Gasteiger partial charge in [0.1, 0.15) is 12.6 Å². The van der Waals surface area contributed by atoms with Crippen LogP contribution in [0.3, 0.4) is 0 Å². The maximum absolute atomic E-state index is 12.4. The normalized spacial score (nSPS) is 15.1. The fourth-order valence-corrected chi connectivity index (χ4v) is 4.48. The van der Waals surface area contributed by atoms with Crippen LogP contribution in [0.15, 0.2) is 58.9 Å². The Morgan fingerprint density at radius 2 is 2.09 bits per heavy atom. The zero-order valence-electron chi connectivity index (χ0n) is 18.5. The van der Waals surface area contributed by atoms with Gasteiger partial charge in [-0.1, -0.05) is 48.5 Å². The van der Waals surface area contributed by atoms with Gasteiger partial charge < -0.3 is 20.5 Å². The van der Waals surface area contributed by atoms with Crippen molar-refractivity contribution in [3.63, 3.8) is 0 Å². The average Bonchev–Trinajstić information content (AvgIpc) is 3.18. The molecule has 1 aromatic heterocycles. The average molecular weight is 486 g/mol. The molecule has 0 radical (unpaired) electrons. The Hall–Kier alpha value is -3.17. The van der Waals surface area contributed by atoms with Crippen LogP contribution >= 0.6 is 23.4 Å². The summed E-state index contributed by atoms with van der Waals surface area (Å²) in [5, 5.41) is 9.02. The number of aromatic nitrogens is 3. The highest BCUT2D eigenvalue weighted by Crippen LogP contribution is 2.39. The first-order valence-corrected chi connectivity index (χ1v) is 11.7. The standard InChI is InChI=1S/C23H24ClN5O3S/c1-4-33-23-27-22-26-13(2)19(21(25)30)20(29(22)28-23)15-8-9-17(18(11-15)31-3)32-12-14-6-5-7-16(24)10-14/h5-11,20H,4,12H2,1-3H3,(H2,25,30)(H,26,27,28). The number of nitrogens with two attached hydrogens (primary N) is 1. The summed E-state index contributed by atoms with van der Waals surface area (Å²) in [5.74, 6) is 1.95. The van der Waals surface area contributed by atoms with Gasteiger partial charge in [-0.3, -0.25) is 4.79 Å². The number of nitrogens with zero attached hydrogens (tertiary/aromatic N) is 3. The van der Waals surface area contributed by atoms with Crippen LogP contribution in [0.5, 0.6) is 11.5 Å². The number of carbonyl (C=O) groups is 1. The largest absolute Gasteiger partial charge is 0.493 e. The molecule has 1 aliphatic rings. The van der Waals surface area contributed by atoms with E-state index in [2.05, 4.69) is 15.4 Å². The first-order valence-electron chi connectivity index (χ1n) is 10.3. The lowest BCUT2D eigenvalue weighted by molar-refractivity contribution is -0.115. The maximum atomic E-state index is 12.4. The van der Waals surface area contributed by atoms with Crippen LogP contribution in [0.25, 0.3) is 0 Å². The van der Waals surface area contributed by atoms with Gasteiger partial charge in [-0.15, -0.1) is 5.10 Å². The van der Waals surface area contributed by atoms with Crippen LogP contribution < -0.4 is 20.5 Å². The van der Waals surface area contributed by atoms with E-state index < -0.39 is 11.9 Å². The number of methoxy groups -OCH3 is 1. The van der Waals surface area contributed by atoms with Gasteiger partial charge in [-0.25, -0.2) is 4.68 Å². The molecule has 3 N–H and O–H groups in total. The van der Waals surface area contributed by atoms with E-state index in [-0.39, 0.29) is 0 Å². The van der Waals surface area contributed by atoms with Crippen molar-refractivity contribution < 1.29 is 14.3 Å². The van der Waals surface area contributed by atoms with Crippen LogP contribution in [0, 0.1) is 0 Å². The Bertz CT molecular complexity index is 1230. The second-order valence-corrected chi connectivity index (χ2v) is 9.02. The summed E-state index contributed by atoms with van der Waals surface area (Å²) >= 11 is 7.58. The van der Waals surface area contributed by atoms with E-state index in [1.54, 1.807) is 18.7 Å². The van der Waals surface area contributed by atoms with Crippen LogP contribution in [-0.4, -0.2) is 33.5 Å². The van der Waals surface area contributed by atoms with Gasteiger partial charge in [0.05, 0.1) is 12.7 Å². The van der Waals surface area contributed by atoms with Crippen molar-refractivity contribution in [1.82, 2.24) is 14.8 Å².